The van der Waals surface area contributed by atoms with Gasteiger partial charge in [-0.05, 0) is 51.4 Å². The van der Waals surface area contributed by atoms with E-state index < -0.39 is 18.2 Å². The number of allylic oxidation sites excluding steroid dienone is 2. The van der Waals surface area contributed by atoms with Gasteiger partial charge in [-0.2, -0.15) is 0 Å². The SMILES string of the molecule is CCCCCCCCC/C=C/CCCCCCCC(=O)OC(CCCCCCCCCC)CC(=O)NC(CO)C(O)CCCCCCCCCCCCC. The van der Waals surface area contributed by atoms with Crippen LogP contribution >= 0.6 is 0 Å². The molecule has 0 aromatic carbocycles. The Morgan fingerprint density at radius 3 is 1.31 bits per heavy atom. The van der Waals surface area contributed by atoms with Gasteiger partial charge in [0.1, 0.15) is 6.10 Å². The lowest BCUT2D eigenvalue weighted by atomic mass is 10.0. The first kappa shape index (κ1) is 52.6. The lowest BCUT2D eigenvalue weighted by Gasteiger charge is -2.24. The summed E-state index contributed by atoms with van der Waals surface area (Å²) >= 11 is 0. The van der Waals surface area contributed by atoms with Crippen LogP contribution in [0.3, 0.4) is 0 Å². The predicted molar refractivity (Wildman–Crippen MR) is 232 cm³/mol. The summed E-state index contributed by atoms with van der Waals surface area (Å²) in [6.07, 6.45) is 45.6. The van der Waals surface area contributed by atoms with Crippen molar-refractivity contribution in [1.29, 1.82) is 0 Å². The molecule has 0 aromatic rings. The summed E-state index contributed by atoms with van der Waals surface area (Å²) in [5, 5.41) is 23.6. The second-order valence-electron chi connectivity index (χ2n) is 16.5. The molecule has 0 saturated carbocycles. The van der Waals surface area contributed by atoms with Crippen LogP contribution in [0, 0.1) is 0 Å². The van der Waals surface area contributed by atoms with Crippen molar-refractivity contribution in [3.05, 3.63) is 12.2 Å². The van der Waals surface area contributed by atoms with Crippen LogP contribution < -0.4 is 5.32 Å². The van der Waals surface area contributed by atoms with Gasteiger partial charge in [0.15, 0.2) is 0 Å². The zero-order chi connectivity index (χ0) is 39.6. The summed E-state index contributed by atoms with van der Waals surface area (Å²) < 4.78 is 5.89. The van der Waals surface area contributed by atoms with Gasteiger partial charge in [0.2, 0.25) is 5.91 Å². The van der Waals surface area contributed by atoms with Crippen LogP contribution in [0.5, 0.6) is 0 Å². The molecule has 0 spiro atoms. The number of hydrogen-bond acceptors (Lipinski definition) is 5. The van der Waals surface area contributed by atoms with E-state index in [1.165, 1.54) is 161 Å². The Labute approximate surface area is 336 Å². The minimum Gasteiger partial charge on any atom is -0.462 e. The molecule has 320 valence electrons. The molecule has 0 fully saturated rings. The van der Waals surface area contributed by atoms with E-state index in [1.54, 1.807) is 0 Å². The largest absolute Gasteiger partial charge is 0.462 e. The first-order chi connectivity index (χ1) is 26.5. The summed E-state index contributed by atoms with van der Waals surface area (Å²) in [6, 6.07) is -0.694. The number of ether oxygens (including phenoxy) is 1. The standard InChI is InChI=1S/C48H93NO5/c1-4-7-10-13-16-19-21-22-23-24-25-27-29-32-35-38-41-48(53)54-44(39-36-33-30-18-15-12-9-6-3)42-47(52)49-45(43-50)46(51)40-37-34-31-28-26-20-17-14-11-8-5-2/h23-24,44-46,50-51H,4-22,25-43H2,1-3H3,(H,49,52)/b24-23+. The van der Waals surface area contributed by atoms with Gasteiger partial charge >= 0.3 is 5.97 Å². The van der Waals surface area contributed by atoms with E-state index in [9.17, 15) is 19.8 Å². The molecule has 3 N–H and O–H groups in total. The van der Waals surface area contributed by atoms with E-state index in [-0.39, 0.29) is 24.9 Å². The molecule has 3 atom stereocenters. The first-order valence-electron chi connectivity index (χ1n) is 23.9. The van der Waals surface area contributed by atoms with Gasteiger partial charge in [0, 0.05) is 6.42 Å². The normalized spacial score (nSPS) is 13.4. The highest BCUT2D eigenvalue weighted by molar-refractivity contribution is 5.77. The van der Waals surface area contributed by atoms with Crippen molar-refractivity contribution in [2.75, 3.05) is 6.61 Å². The van der Waals surface area contributed by atoms with E-state index in [0.29, 0.717) is 19.3 Å². The number of carbonyl (C=O) groups excluding carboxylic acids is 2. The van der Waals surface area contributed by atoms with Crippen LogP contribution in [0.4, 0.5) is 0 Å². The molecule has 0 aliphatic carbocycles. The van der Waals surface area contributed by atoms with Crippen molar-refractivity contribution in [2.45, 2.75) is 277 Å². The zero-order valence-corrected chi connectivity index (χ0v) is 36.4. The van der Waals surface area contributed by atoms with Gasteiger partial charge in [0.05, 0.1) is 25.2 Å². The summed E-state index contributed by atoms with van der Waals surface area (Å²) in [4.78, 5) is 25.9. The predicted octanol–water partition coefficient (Wildman–Crippen LogP) is 13.8. The Balaban J connectivity index is 4.44. The number of rotatable bonds is 43. The Bertz CT molecular complexity index is 817. The van der Waals surface area contributed by atoms with Gasteiger partial charge in [-0.25, -0.2) is 0 Å². The summed E-state index contributed by atoms with van der Waals surface area (Å²) in [5.74, 6) is -0.475. The topological polar surface area (TPSA) is 95.9 Å². The highest BCUT2D eigenvalue weighted by Gasteiger charge is 2.24. The number of esters is 1. The fraction of sp³-hybridized carbons (Fsp3) is 0.917. The maximum Gasteiger partial charge on any atom is 0.306 e. The number of nitrogens with one attached hydrogen (secondary N) is 1. The van der Waals surface area contributed by atoms with E-state index in [4.69, 9.17) is 4.74 Å². The van der Waals surface area contributed by atoms with Gasteiger partial charge in [-0.1, -0.05) is 206 Å². The molecule has 0 aliphatic heterocycles. The Morgan fingerprint density at radius 2 is 0.889 bits per heavy atom. The van der Waals surface area contributed by atoms with Crippen LogP contribution in [0.25, 0.3) is 0 Å². The second kappa shape index (κ2) is 42.7. The minimum absolute atomic E-state index is 0.0797. The lowest BCUT2D eigenvalue weighted by molar-refractivity contribution is -0.151. The van der Waals surface area contributed by atoms with Crippen LogP contribution in [0.1, 0.15) is 258 Å². The monoisotopic (exact) mass is 764 g/mol. The van der Waals surface area contributed by atoms with E-state index in [0.717, 1.165) is 51.4 Å². The van der Waals surface area contributed by atoms with Gasteiger partial charge < -0.3 is 20.3 Å². The molecule has 6 nitrogen and oxygen atoms in total. The fourth-order valence-electron chi connectivity index (χ4n) is 7.43. The average molecular weight is 764 g/mol. The van der Waals surface area contributed by atoms with Crippen LogP contribution in [0.15, 0.2) is 12.2 Å². The van der Waals surface area contributed by atoms with E-state index >= 15 is 0 Å². The molecule has 0 saturated heterocycles. The molecule has 0 aliphatic rings. The fourth-order valence-corrected chi connectivity index (χ4v) is 7.43. The van der Waals surface area contributed by atoms with Crippen LogP contribution in [0.2, 0.25) is 0 Å². The van der Waals surface area contributed by atoms with Gasteiger partial charge in [-0.3, -0.25) is 9.59 Å². The molecule has 1 amide bonds. The van der Waals surface area contributed by atoms with Crippen LogP contribution in [-0.4, -0.2) is 46.9 Å². The molecule has 54 heavy (non-hydrogen) atoms. The maximum absolute atomic E-state index is 13.1. The van der Waals surface area contributed by atoms with E-state index in [1.807, 2.05) is 0 Å². The Kier molecular flexibility index (Phi) is 41.6. The highest BCUT2D eigenvalue weighted by Crippen LogP contribution is 2.18. The number of aliphatic hydroxyl groups is 2. The van der Waals surface area contributed by atoms with E-state index in [2.05, 4.69) is 38.2 Å². The molecule has 6 heteroatoms. The van der Waals surface area contributed by atoms with Gasteiger partial charge in [-0.15, -0.1) is 0 Å². The number of hydrogen-bond donors (Lipinski definition) is 3. The van der Waals surface area contributed by atoms with Crippen molar-refractivity contribution >= 4 is 11.9 Å². The minimum atomic E-state index is -0.780. The molecule has 0 bridgehead atoms. The number of unbranched alkanes of at least 4 members (excludes halogenated alkanes) is 29. The maximum atomic E-state index is 13.1. The van der Waals surface area contributed by atoms with Crippen molar-refractivity contribution in [2.24, 2.45) is 0 Å². The molecule has 0 aromatic heterocycles. The quantitative estimate of drug-likeness (QED) is 0.0326. The molecule has 0 heterocycles. The third kappa shape index (κ3) is 37.5. The summed E-state index contributed by atoms with van der Waals surface area (Å²) in [7, 11) is 0. The molecule has 0 rings (SSSR count). The number of amides is 1. The summed E-state index contributed by atoms with van der Waals surface area (Å²) in [6.45, 7) is 6.45. The third-order valence-corrected chi connectivity index (χ3v) is 11.1. The zero-order valence-electron chi connectivity index (χ0n) is 36.4. The third-order valence-electron chi connectivity index (χ3n) is 11.1. The van der Waals surface area contributed by atoms with Crippen LogP contribution in [-0.2, 0) is 14.3 Å². The highest BCUT2D eigenvalue weighted by atomic mass is 16.5. The van der Waals surface area contributed by atoms with Gasteiger partial charge in [0.25, 0.3) is 0 Å². The van der Waals surface area contributed by atoms with Crippen molar-refractivity contribution < 1.29 is 24.5 Å². The molecule has 3 unspecified atom stereocenters. The Hall–Kier alpha value is -1.40. The molecule has 0 radical (unpaired) electrons. The number of carbonyl (C=O) groups is 2. The summed E-state index contributed by atoms with van der Waals surface area (Å²) in [5.41, 5.74) is 0. The van der Waals surface area contributed by atoms with Crippen molar-refractivity contribution in [3.63, 3.8) is 0 Å². The molecular weight excluding hydrogens is 671 g/mol. The number of aliphatic hydroxyl groups excluding tert-OH is 2. The smallest absolute Gasteiger partial charge is 0.306 e. The average Bonchev–Trinajstić information content (AvgIpc) is 3.16. The van der Waals surface area contributed by atoms with Crippen molar-refractivity contribution in [1.82, 2.24) is 5.32 Å². The molecular formula is C48H93NO5. The Morgan fingerprint density at radius 1 is 0.519 bits per heavy atom. The first-order valence-corrected chi connectivity index (χ1v) is 23.9. The van der Waals surface area contributed by atoms with Crippen molar-refractivity contribution in [3.8, 4) is 0 Å². The second-order valence-corrected chi connectivity index (χ2v) is 16.5. The lowest BCUT2D eigenvalue weighted by Crippen LogP contribution is -2.46.